The molecule has 1 saturated heterocycles. The first-order valence-electron chi connectivity index (χ1n) is 15.8. The third-order valence-electron chi connectivity index (χ3n) is 7.27. The van der Waals surface area contributed by atoms with Crippen molar-refractivity contribution < 1.29 is 42.4 Å². The fourth-order valence-electron chi connectivity index (χ4n) is 5.06. The van der Waals surface area contributed by atoms with E-state index in [1.54, 1.807) is 91.0 Å². The fourth-order valence-corrected chi connectivity index (χ4v) is 6.73. The average Bonchev–Trinajstić information content (AvgIpc) is 3.09. The third-order valence-corrected chi connectivity index (χ3v) is 9.36. The van der Waals surface area contributed by atoms with E-state index >= 15 is 0 Å². The molecule has 12 heteroatoms. The summed E-state index contributed by atoms with van der Waals surface area (Å²) in [6.45, 7) is 7.79. The minimum Gasteiger partial charge on any atom is -0.459 e. The lowest BCUT2D eigenvalue weighted by molar-refractivity contribution is -0.241. The van der Waals surface area contributed by atoms with E-state index in [1.165, 1.54) is 0 Å². The minimum absolute atomic E-state index is 0.0192. The molecular weight excluding hydrogens is 635 g/mol. The first-order chi connectivity index (χ1) is 23.2. The maximum atomic E-state index is 13.3. The van der Waals surface area contributed by atoms with E-state index < -0.39 is 51.0 Å². The number of carbonyl (C=O) groups is 3. The van der Waals surface area contributed by atoms with E-state index in [4.69, 9.17) is 33.3 Å². The Morgan fingerprint density at radius 1 is 0.792 bits per heavy atom. The van der Waals surface area contributed by atoms with E-state index in [0.29, 0.717) is 16.7 Å². The largest absolute Gasteiger partial charge is 0.459 e. The number of hydrogen-bond acceptors (Lipinski definition) is 11. The van der Waals surface area contributed by atoms with Crippen molar-refractivity contribution in [2.45, 2.75) is 77.2 Å². The number of esters is 3. The topological polar surface area (TPSA) is 134 Å². The van der Waals surface area contributed by atoms with Crippen LogP contribution in [-0.2, 0) is 28.0 Å². The average molecular weight is 677 g/mol. The van der Waals surface area contributed by atoms with Gasteiger partial charge in [0.2, 0.25) is 6.29 Å². The lowest BCUT2D eigenvalue weighted by atomic mass is 10.0. The van der Waals surface area contributed by atoms with Crippen molar-refractivity contribution in [3.8, 4) is 6.07 Å². The van der Waals surface area contributed by atoms with Crippen LogP contribution in [0.1, 0.15) is 71.6 Å². The first-order valence-corrected chi connectivity index (χ1v) is 17.0. The smallest absolute Gasteiger partial charge is 0.338 e. The second-order valence-electron chi connectivity index (χ2n) is 11.5. The minimum atomic E-state index is -1.84. The summed E-state index contributed by atoms with van der Waals surface area (Å²) in [5.74, 6) is -1.83. The predicted octanol–water partition coefficient (Wildman–Crippen LogP) is 6.70. The Morgan fingerprint density at radius 2 is 1.27 bits per heavy atom. The van der Waals surface area contributed by atoms with Crippen LogP contribution in [0, 0.1) is 11.3 Å². The molecule has 3 aromatic carbocycles. The highest BCUT2D eigenvalue weighted by Crippen LogP contribution is 2.49. The highest BCUT2D eigenvalue weighted by Gasteiger charge is 2.46. The Morgan fingerprint density at radius 3 is 1.75 bits per heavy atom. The lowest BCUT2D eigenvalue weighted by Crippen LogP contribution is -2.53. The molecule has 254 valence electrons. The molecule has 1 aliphatic heterocycles. The number of ether oxygens (including phenoxy) is 4. The van der Waals surface area contributed by atoms with Crippen LogP contribution in [0.4, 0.5) is 0 Å². The van der Waals surface area contributed by atoms with E-state index in [2.05, 4.69) is 6.07 Å². The fraction of sp³-hybridized carbons (Fsp3) is 0.389. The summed E-state index contributed by atoms with van der Waals surface area (Å²) < 4.78 is 38.6. The zero-order valence-corrected chi connectivity index (χ0v) is 28.4. The molecule has 0 aromatic heterocycles. The highest BCUT2D eigenvalue weighted by atomic mass is 31.2. The van der Waals surface area contributed by atoms with Gasteiger partial charge in [-0.25, -0.2) is 19.1 Å². The van der Waals surface area contributed by atoms with Gasteiger partial charge in [-0.3, -0.25) is 4.52 Å². The molecule has 0 aliphatic carbocycles. The molecule has 3 aromatic rings. The van der Waals surface area contributed by atoms with Crippen LogP contribution >= 0.6 is 8.53 Å². The summed E-state index contributed by atoms with van der Waals surface area (Å²) in [6, 6.07) is 27.4. The van der Waals surface area contributed by atoms with Gasteiger partial charge in [-0.2, -0.15) is 5.26 Å². The van der Waals surface area contributed by atoms with E-state index in [1.807, 2.05) is 32.4 Å². The standard InChI is InChI=1S/C36H41N2O9P/c1-25(2)38(26(3)4)48(43-22-14-21-37)47-36-31(45-35(41)29-19-12-7-13-20-29)23-30(44-34(40)28-17-10-6-11-18-28)32(46-36)24-42-33(39)27-15-8-5-9-16-27/h5-13,15-20,25-26,30-32,36H,14,22-24H2,1-4H3/t30-,31+,32+,36+,48?/m0/s1. The number of hydrogen-bond donors (Lipinski definition) is 0. The van der Waals surface area contributed by atoms with Gasteiger partial charge in [0.15, 0.2) is 6.10 Å². The first kappa shape index (κ1) is 36.7. The van der Waals surface area contributed by atoms with Crippen molar-refractivity contribution in [1.29, 1.82) is 5.26 Å². The number of benzene rings is 3. The molecule has 1 aliphatic rings. The number of carbonyl (C=O) groups excluding carboxylic acids is 3. The monoisotopic (exact) mass is 676 g/mol. The summed E-state index contributed by atoms with van der Waals surface area (Å²) in [6.07, 6.45) is -4.15. The lowest BCUT2D eigenvalue weighted by Gasteiger charge is -2.43. The molecule has 0 spiro atoms. The van der Waals surface area contributed by atoms with Gasteiger partial charge < -0.3 is 23.5 Å². The summed E-state index contributed by atoms with van der Waals surface area (Å²) in [7, 11) is -1.84. The van der Waals surface area contributed by atoms with Crippen LogP contribution in [0.15, 0.2) is 91.0 Å². The molecule has 11 nitrogen and oxygen atoms in total. The molecule has 0 radical (unpaired) electrons. The van der Waals surface area contributed by atoms with E-state index in [0.717, 1.165) is 0 Å². The van der Waals surface area contributed by atoms with Crippen LogP contribution in [0.5, 0.6) is 0 Å². The van der Waals surface area contributed by atoms with Crippen LogP contribution < -0.4 is 0 Å². The molecule has 1 unspecified atom stereocenters. The van der Waals surface area contributed by atoms with Crippen molar-refractivity contribution in [3.63, 3.8) is 0 Å². The Balaban J connectivity index is 1.66. The van der Waals surface area contributed by atoms with Gasteiger partial charge in [0.05, 0.1) is 35.8 Å². The molecular formula is C36H41N2O9P. The summed E-state index contributed by atoms with van der Waals surface area (Å²) in [4.78, 5) is 39.5. The zero-order chi connectivity index (χ0) is 34.5. The van der Waals surface area contributed by atoms with Gasteiger partial charge in [-0.05, 0) is 64.1 Å². The Labute approximate surface area is 282 Å². The maximum Gasteiger partial charge on any atom is 0.338 e. The SMILES string of the molecule is CC(C)N(C(C)C)P(OCCC#N)O[C@H]1O[C@H](COC(=O)c2ccccc2)[C@@H](OC(=O)c2ccccc2)C[C@H]1OC(=O)c1ccccc1. The second kappa shape index (κ2) is 18.4. The van der Waals surface area contributed by atoms with Crippen LogP contribution in [0.25, 0.3) is 0 Å². The molecule has 0 amide bonds. The molecule has 5 atom stereocenters. The molecule has 48 heavy (non-hydrogen) atoms. The molecule has 0 bridgehead atoms. The van der Waals surface area contributed by atoms with E-state index in [-0.39, 0.29) is 38.1 Å². The van der Waals surface area contributed by atoms with Gasteiger partial charge >= 0.3 is 17.9 Å². The third kappa shape index (κ3) is 10.4. The van der Waals surface area contributed by atoms with Crippen molar-refractivity contribution >= 4 is 26.4 Å². The maximum absolute atomic E-state index is 13.3. The van der Waals surface area contributed by atoms with Crippen LogP contribution in [0.2, 0.25) is 0 Å². The van der Waals surface area contributed by atoms with Crippen LogP contribution in [0.3, 0.4) is 0 Å². The Hall–Kier alpha value is -4.17. The van der Waals surface area contributed by atoms with Crippen molar-refractivity contribution in [1.82, 2.24) is 4.67 Å². The van der Waals surface area contributed by atoms with Crippen LogP contribution in [-0.4, -0.2) is 72.5 Å². The molecule has 4 rings (SSSR count). The molecule has 1 fully saturated rings. The van der Waals surface area contributed by atoms with Gasteiger partial charge in [0.25, 0.3) is 8.53 Å². The summed E-state index contributed by atoms with van der Waals surface area (Å²) in [5, 5.41) is 9.17. The van der Waals surface area contributed by atoms with Gasteiger partial charge in [0, 0.05) is 18.5 Å². The highest BCUT2D eigenvalue weighted by molar-refractivity contribution is 7.44. The summed E-state index contributed by atoms with van der Waals surface area (Å²) in [5.41, 5.74) is 0.965. The van der Waals surface area contributed by atoms with Crippen molar-refractivity contribution in [2.24, 2.45) is 0 Å². The van der Waals surface area contributed by atoms with Gasteiger partial charge in [-0.1, -0.05) is 54.6 Å². The molecule has 1 heterocycles. The summed E-state index contributed by atoms with van der Waals surface area (Å²) >= 11 is 0. The number of nitrogens with zero attached hydrogens (tertiary/aromatic N) is 2. The Bertz CT molecular complexity index is 1490. The molecule has 0 saturated carbocycles. The molecule has 0 N–H and O–H groups in total. The quantitative estimate of drug-likeness (QED) is 0.0737. The van der Waals surface area contributed by atoms with Gasteiger partial charge in [-0.15, -0.1) is 0 Å². The normalized spacial score (nSPS) is 19.8. The van der Waals surface area contributed by atoms with Gasteiger partial charge in [0.1, 0.15) is 18.8 Å². The number of nitriles is 1. The van der Waals surface area contributed by atoms with E-state index in [9.17, 15) is 14.4 Å². The zero-order valence-electron chi connectivity index (χ0n) is 27.5. The van der Waals surface area contributed by atoms with Crippen molar-refractivity contribution in [2.75, 3.05) is 13.2 Å². The predicted molar refractivity (Wildman–Crippen MR) is 178 cm³/mol. The Kier molecular flexibility index (Phi) is 14.0. The second-order valence-corrected chi connectivity index (χ2v) is 12.9. The number of rotatable bonds is 15. The van der Waals surface area contributed by atoms with Crippen molar-refractivity contribution in [3.05, 3.63) is 108 Å².